The van der Waals surface area contributed by atoms with Crippen LogP contribution in [0.1, 0.15) is 50.4 Å². The molecule has 0 fully saturated rings. The fourth-order valence-electron chi connectivity index (χ4n) is 2.17. The van der Waals surface area contributed by atoms with E-state index >= 15 is 0 Å². The molecule has 2 rings (SSSR count). The summed E-state index contributed by atoms with van der Waals surface area (Å²) in [6.07, 6.45) is 2.32. The first-order valence-electron chi connectivity index (χ1n) is 8.71. The number of Topliss-reactive ketones (excluding diaryl/α,β-unsaturated/α-hetero) is 1. The smallest absolute Gasteiger partial charge is 0.224 e. The first-order chi connectivity index (χ1) is 12.5. The lowest BCUT2D eigenvalue weighted by atomic mass is 10.1. The van der Waals surface area contributed by atoms with Gasteiger partial charge in [0, 0.05) is 24.2 Å². The number of carbonyl (C=O) groups is 2. The average Bonchev–Trinajstić information content (AvgIpc) is 3.07. The van der Waals surface area contributed by atoms with Crippen molar-refractivity contribution in [2.75, 3.05) is 17.2 Å². The molecule has 0 saturated heterocycles. The molecule has 1 unspecified atom stereocenters. The van der Waals surface area contributed by atoms with E-state index in [0.717, 1.165) is 28.9 Å². The van der Waals surface area contributed by atoms with E-state index < -0.39 is 0 Å². The zero-order valence-electron chi connectivity index (χ0n) is 15.2. The Balaban J connectivity index is 1.92. The maximum absolute atomic E-state index is 12.6. The topological polar surface area (TPSA) is 84.0 Å². The molecule has 2 N–H and O–H groups in total. The zero-order valence-corrected chi connectivity index (χ0v) is 16.9. The van der Waals surface area contributed by atoms with E-state index in [9.17, 15) is 9.59 Å². The summed E-state index contributed by atoms with van der Waals surface area (Å²) in [6, 6.07) is 7.01. The molecule has 1 aromatic carbocycles. The van der Waals surface area contributed by atoms with Crippen LogP contribution in [0.4, 0.5) is 10.8 Å². The third-order valence-corrected chi connectivity index (χ3v) is 5.57. The number of thioether (sulfide) groups is 1. The van der Waals surface area contributed by atoms with Crippen LogP contribution in [0.25, 0.3) is 0 Å². The van der Waals surface area contributed by atoms with E-state index in [1.807, 2.05) is 13.8 Å². The second-order valence-electron chi connectivity index (χ2n) is 5.80. The minimum atomic E-state index is -0.262. The van der Waals surface area contributed by atoms with E-state index in [0.29, 0.717) is 17.7 Å². The summed E-state index contributed by atoms with van der Waals surface area (Å²) in [7, 11) is 0. The molecule has 0 saturated carbocycles. The van der Waals surface area contributed by atoms with Gasteiger partial charge in [0.2, 0.25) is 11.0 Å². The van der Waals surface area contributed by atoms with Crippen LogP contribution in [-0.4, -0.2) is 33.7 Å². The van der Waals surface area contributed by atoms with Gasteiger partial charge in [-0.25, -0.2) is 0 Å². The maximum Gasteiger partial charge on any atom is 0.224 e. The van der Waals surface area contributed by atoms with E-state index in [1.54, 1.807) is 24.3 Å². The Bertz CT molecular complexity index is 731. The number of nitrogens with zero attached hydrogens (tertiary/aromatic N) is 2. The summed E-state index contributed by atoms with van der Waals surface area (Å²) in [4.78, 5) is 24.2. The summed E-state index contributed by atoms with van der Waals surface area (Å²) >= 11 is 2.87. The van der Waals surface area contributed by atoms with Crippen molar-refractivity contribution in [3.63, 3.8) is 0 Å². The van der Waals surface area contributed by atoms with Crippen molar-refractivity contribution in [1.82, 2.24) is 10.2 Å². The van der Waals surface area contributed by atoms with E-state index in [-0.39, 0.29) is 16.9 Å². The number of anilines is 2. The van der Waals surface area contributed by atoms with Crippen molar-refractivity contribution in [3.8, 4) is 0 Å². The van der Waals surface area contributed by atoms with Crippen LogP contribution in [0.3, 0.4) is 0 Å². The molecule has 0 aliphatic rings. The predicted molar refractivity (Wildman–Crippen MR) is 108 cm³/mol. The molecule has 0 aliphatic heterocycles. The van der Waals surface area contributed by atoms with Gasteiger partial charge in [-0.05, 0) is 44.0 Å². The van der Waals surface area contributed by atoms with Crippen LogP contribution >= 0.6 is 23.1 Å². The van der Waals surface area contributed by atoms with Crippen LogP contribution in [0.2, 0.25) is 0 Å². The second-order valence-corrected chi connectivity index (χ2v) is 8.37. The van der Waals surface area contributed by atoms with Crippen LogP contribution in [0, 0.1) is 0 Å². The highest BCUT2D eigenvalue weighted by molar-refractivity contribution is 8.02. The van der Waals surface area contributed by atoms with Crippen molar-refractivity contribution < 1.29 is 9.59 Å². The molecule has 1 aromatic heterocycles. The Kier molecular flexibility index (Phi) is 8.06. The highest BCUT2D eigenvalue weighted by atomic mass is 32.2. The lowest BCUT2D eigenvalue weighted by Gasteiger charge is -2.09. The van der Waals surface area contributed by atoms with Crippen molar-refractivity contribution >= 4 is 45.6 Å². The Labute approximate surface area is 162 Å². The molecule has 1 heterocycles. The SMILES string of the molecule is CCCNc1nnc(SC(C)C(=O)c2ccc(NC(=O)CCC)cc2)s1. The van der Waals surface area contributed by atoms with E-state index in [2.05, 4.69) is 27.8 Å². The van der Waals surface area contributed by atoms with E-state index in [4.69, 9.17) is 0 Å². The molecule has 2 aromatic rings. The van der Waals surface area contributed by atoms with Gasteiger partial charge in [-0.15, -0.1) is 10.2 Å². The molecule has 0 bridgehead atoms. The minimum absolute atomic E-state index is 0.0146. The molecule has 0 aliphatic carbocycles. The summed E-state index contributed by atoms with van der Waals surface area (Å²) < 4.78 is 0.771. The lowest BCUT2D eigenvalue weighted by molar-refractivity contribution is -0.116. The van der Waals surface area contributed by atoms with Gasteiger partial charge in [-0.1, -0.05) is 36.9 Å². The highest BCUT2D eigenvalue weighted by Gasteiger charge is 2.19. The molecule has 140 valence electrons. The van der Waals surface area contributed by atoms with Gasteiger partial charge in [0.05, 0.1) is 5.25 Å². The molecular formula is C18H24N4O2S2. The third kappa shape index (κ3) is 6.10. The number of amides is 1. The number of nitrogens with one attached hydrogen (secondary N) is 2. The summed E-state index contributed by atoms with van der Waals surface area (Å²) in [5, 5.41) is 14.7. The Morgan fingerprint density at radius 2 is 1.88 bits per heavy atom. The molecule has 0 radical (unpaired) electrons. The average molecular weight is 393 g/mol. The quantitative estimate of drug-likeness (QED) is 0.459. The van der Waals surface area contributed by atoms with Gasteiger partial charge in [0.15, 0.2) is 10.1 Å². The monoisotopic (exact) mass is 392 g/mol. The lowest BCUT2D eigenvalue weighted by Crippen LogP contribution is -2.14. The summed E-state index contributed by atoms with van der Waals surface area (Å²) in [5.74, 6) is 0.0129. The number of rotatable bonds is 10. The van der Waals surface area contributed by atoms with E-state index in [1.165, 1.54) is 23.1 Å². The Hall–Kier alpha value is -1.93. The second kappa shape index (κ2) is 10.3. The van der Waals surface area contributed by atoms with Crippen molar-refractivity contribution in [2.24, 2.45) is 0 Å². The van der Waals surface area contributed by atoms with Gasteiger partial charge in [-0.2, -0.15) is 0 Å². The zero-order chi connectivity index (χ0) is 18.9. The van der Waals surface area contributed by atoms with Crippen molar-refractivity contribution in [1.29, 1.82) is 0 Å². The van der Waals surface area contributed by atoms with Crippen LogP contribution in [0.15, 0.2) is 28.6 Å². The minimum Gasteiger partial charge on any atom is -0.360 e. The van der Waals surface area contributed by atoms with Crippen LogP contribution < -0.4 is 10.6 Å². The molecular weight excluding hydrogens is 368 g/mol. The van der Waals surface area contributed by atoms with Crippen molar-refractivity contribution in [3.05, 3.63) is 29.8 Å². The molecule has 1 atom stereocenters. The van der Waals surface area contributed by atoms with Crippen LogP contribution in [0.5, 0.6) is 0 Å². The standard InChI is InChI=1S/C18H24N4O2S2/c1-4-6-15(23)20-14-9-7-13(8-10-14)16(24)12(3)25-18-22-21-17(26-18)19-11-5-2/h7-10,12H,4-6,11H2,1-3H3,(H,19,21)(H,20,23). The number of ketones is 1. The van der Waals surface area contributed by atoms with Gasteiger partial charge in [0.1, 0.15) is 0 Å². The van der Waals surface area contributed by atoms with Crippen LogP contribution in [-0.2, 0) is 4.79 Å². The number of benzene rings is 1. The molecule has 6 nitrogen and oxygen atoms in total. The Morgan fingerprint density at radius 1 is 1.15 bits per heavy atom. The molecule has 8 heteroatoms. The Morgan fingerprint density at radius 3 is 2.54 bits per heavy atom. The fraction of sp³-hybridized carbons (Fsp3) is 0.444. The first kappa shape index (κ1) is 20.4. The molecule has 0 spiro atoms. The third-order valence-electron chi connectivity index (χ3n) is 3.51. The van der Waals surface area contributed by atoms with Gasteiger partial charge < -0.3 is 10.6 Å². The number of aromatic nitrogens is 2. The molecule has 26 heavy (non-hydrogen) atoms. The summed E-state index contributed by atoms with van der Waals surface area (Å²) in [5.41, 5.74) is 1.32. The van der Waals surface area contributed by atoms with Gasteiger partial charge >= 0.3 is 0 Å². The predicted octanol–water partition coefficient (Wildman–Crippen LogP) is 4.46. The van der Waals surface area contributed by atoms with Gasteiger partial charge in [0.25, 0.3) is 0 Å². The summed E-state index contributed by atoms with van der Waals surface area (Å²) in [6.45, 7) is 6.77. The first-order valence-corrected chi connectivity index (χ1v) is 10.4. The number of hydrogen-bond acceptors (Lipinski definition) is 7. The largest absolute Gasteiger partial charge is 0.360 e. The normalized spacial score (nSPS) is 11.8. The number of carbonyl (C=O) groups excluding carboxylic acids is 2. The maximum atomic E-state index is 12.6. The molecule has 1 amide bonds. The van der Waals surface area contributed by atoms with Crippen molar-refractivity contribution in [2.45, 2.75) is 49.6 Å². The van der Waals surface area contributed by atoms with Gasteiger partial charge in [-0.3, -0.25) is 9.59 Å². The number of hydrogen-bond donors (Lipinski definition) is 2. The highest BCUT2D eigenvalue weighted by Crippen LogP contribution is 2.30. The fourth-order valence-corrected chi connectivity index (χ4v) is 4.17.